The summed E-state index contributed by atoms with van der Waals surface area (Å²) in [4.78, 5) is 37.8. The molecule has 188 valence electrons. The van der Waals surface area contributed by atoms with Crippen LogP contribution in [0, 0.1) is 10.1 Å². The Morgan fingerprint density at radius 3 is 2.76 bits per heavy atom. The molecule has 0 spiro atoms. The van der Waals surface area contributed by atoms with Crippen molar-refractivity contribution in [2.24, 2.45) is 0 Å². The van der Waals surface area contributed by atoms with Gasteiger partial charge in [-0.05, 0) is 83.5 Å². The summed E-state index contributed by atoms with van der Waals surface area (Å²) in [5.41, 5.74) is 5.52. The van der Waals surface area contributed by atoms with Gasteiger partial charge in [-0.3, -0.25) is 9.59 Å². The Balaban J connectivity index is 1.60. The predicted octanol–water partition coefficient (Wildman–Crippen LogP) is 3.58. The molecule has 3 aromatic rings. The highest BCUT2D eigenvalue weighted by Crippen LogP contribution is 2.33. The lowest BCUT2D eigenvalue weighted by Gasteiger charge is -2.22. The first-order valence-electron chi connectivity index (χ1n) is 11.9. The maximum Gasteiger partial charge on any atom is 0.398 e. The van der Waals surface area contributed by atoms with Crippen LogP contribution in [0.25, 0.3) is 22.4 Å². The molecule has 2 aromatic carbocycles. The van der Waals surface area contributed by atoms with E-state index in [4.69, 9.17) is 0 Å². The Kier molecular flexibility index (Phi) is 6.41. The van der Waals surface area contributed by atoms with Gasteiger partial charge < -0.3 is 25.6 Å². The van der Waals surface area contributed by atoms with Crippen LogP contribution in [-0.4, -0.2) is 58.1 Å². The van der Waals surface area contributed by atoms with Crippen LogP contribution < -0.4 is 10.6 Å². The van der Waals surface area contributed by atoms with Gasteiger partial charge in [0.15, 0.2) is 0 Å². The predicted molar refractivity (Wildman–Crippen MR) is 141 cm³/mol. The van der Waals surface area contributed by atoms with E-state index >= 15 is 0 Å². The summed E-state index contributed by atoms with van der Waals surface area (Å²) in [6.07, 6.45) is 6.43. The topological polar surface area (TPSA) is 122 Å². The van der Waals surface area contributed by atoms with Gasteiger partial charge in [0.05, 0.1) is 17.0 Å². The number of likely N-dealkylation sites (N-methyl/N-ethyl adjacent to an activating group) is 1. The second-order valence-corrected chi connectivity index (χ2v) is 9.15. The number of hydrogen-bond acceptors (Lipinski definition) is 6. The molecule has 2 aliphatic rings. The molecule has 0 radical (unpaired) electrons. The van der Waals surface area contributed by atoms with Crippen molar-refractivity contribution >= 4 is 28.9 Å². The van der Waals surface area contributed by atoms with Crippen molar-refractivity contribution in [3.05, 3.63) is 88.1 Å². The summed E-state index contributed by atoms with van der Waals surface area (Å²) >= 11 is 0. The first kappa shape index (κ1) is 24.1. The summed E-state index contributed by atoms with van der Waals surface area (Å²) in [6, 6.07) is 10.7. The minimum absolute atomic E-state index is 0.146. The summed E-state index contributed by atoms with van der Waals surface area (Å²) in [5, 5.41) is 21.9. The zero-order valence-electron chi connectivity index (χ0n) is 20.4. The third-order valence-corrected chi connectivity index (χ3v) is 6.63. The molecule has 0 saturated carbocycles. The van der Waals surface area contributed by atoms with Crippen molar-refractivity contribution in [2.75, 3.05) is 32.0 Å². The summed E-state index contributed by atoms with van der Waals surface area (Å²) in [6.45, 7) is 5.74. The van der Waals surface area contributed by atoms with Gasteiger partial charge in [-0.1, -0.05) is 18.7 Å². The zero-order valence-corrected chi connectivity index (χ0v) is 20.4. The van der Waals surface area contributed by atoms with Gasteiger partial charge in [0.1, 0.15) is 5.56 Å². The molecule has 0 fully saturated rings. The maximum atomic E-state index is 12.1. The largest absolute Gasteiger partial charge is 0.398 e. The van der Waals surface area contributed by atoms with E-state index in [1.165, 1.54) is 10.8 Å². The number of amides is 2. The van der Waals surface area contributed by atoms with E-state index in [2.05, 4.69) is 40.3 Å². The summed E-state index contributed by atoms with van der Waals surface area (Å²) < 4.78 is 1.46. The number of rotatable bonds is 6. The second kappa shape index (κ2) is 9.82. The van der Waals surface area contributed by atoms with E-state index in [-0.39, 0.29) is 17.6 Å². The molecule has 0 bridgehead atoms. The minimum Gasteiger partial charge on any atom is -0.358 e. The average molecular weight is 499 g/mol. The number of nitrogens with one attached hydrogen (secondary N) is 2. The number of carbonyl (C=O) groups excluding carboxylic acids is 2. The monoisotopic (exact) mass is 498 g/mol. The van der Waals surface area contributed by atoms with Gasteiger partial charge in [0.25, 0.3) is 5.91 Å². The first-order chi connectivity index (χ1) is 17.8. The van der Waals surface area contributed by atoms with E-state index in [1.54, 1.807) is 24.4 Å². The molecule has 0 saturated heterocycles. The summed E-state index contributed by atoms with van der Waals surface area (Å²) in [5.74, 6) is -0.793. The molecular weight excluding hydrogens is 472 g/mol. The number of anilines is 1. The number of fused-ring (bicyclic) bond motifs is 1. The van der Waals surface area contributed by atoms with E-state index in [1.807, 2.05) is 18.2 Å². The lowest BCUT2D eigenvalue weighted by molar-refractivity contribution is -0.389. The minimum atomic E-state index is -0.512. The van der Waals surface area contributed by atoms with Gasteiger partial charge in [0, 0.05) is 30.9 Å². The number of aromatic nitrogens is 2. The highest BCUT2D eigenvalue weighted by molar-refractivity contribution is 5.99. The molecule has 3 heterocycles. The third kappa shape index (κ3) is 4.91. The number of hydrogen-bond donors (Lipinski definition) is 2. The molecule has 1 aromatic heterocycles. The molecule has 2 aliphatic heterocycles. The molecule has 10 nitrogen and oxygen atoms in total. The van der Waals surface area contributed by atoms with Gasteiger partial charge in [-0.15, -0.1) is 4.68 Å². The molecule has 5 rings (SSSR count). The van der Waals surface area contributed by atoms with E-state index < -0.39 is 4.92 Å². The van der Waals surface area contributed by atoms with Crippen LogP contribution in [0.5, 0.6) is 0 Å². The molecule has 2 amide bonds. The van der Waals surface area contributed by atoms with Gasteiger partial charge in [0.2, 0.25) is 5.91 Å². The fourth-order valence-electron chi connectivity index (χ4n) is 4.66. The third-order valence-electron chi connectivity index (χ3n) is 6.63. The fraction of sp³-hybridized carbons (Fsp3) is 0.222. The Bertz CT molecular complexity index is 1470. The highest BCUT2D eigenvalue weighted by Gasteiger charge is 2.26. The van der Waals surface area contributed by atoms with Crippen LogP contribution in [0.4, 0.5) is 11.5 Å². The normalized spacial score (nSPS) is 15.4. The van der Waals surface area contributed by atoms with Crippen molar-refractivity contribution in [3.63, 3.8) is 0 Å². The first-order valence-corrected chi connectivity index (χ1v) is 11.9. The number of nitro groups is 1. The molecule has 0 unspecified atom stereocenters. The van der Waals surface area contributed by atoms with Crippen LogP contribution in [0.1, 0.15) is 27.9 Å². The van der Waals surface area contributed by atoms with Gasteiger partial charge in [-0.25, -0.2) is 0 Å². The number of benzene rings is 2. The van der Waals surface area contributed by atoms with Crippen molar-refractivity contribution in [2.45, 2.75) is 12.8 Å². The lowest BCUT2D eigenvalue weighted by atomic mass is 9.96. The highest BCUT2D eigenvalue weighted by atomic mass is 16.6. The van der Waals surface area contributed by atoms with Gasteiger partial charge >= 0.3 is 5.82 Å². The van der Waals surface area contributed by atoms with E-state index in [9.17, 15) is 19.7 Å². The number of nitrogens with zero attached hydrogens (tertiary/aromatic N) is 4. The van der Waals surface area contributed by atoms with E-state index in [0.29, 0.717) is 41.0 Å². The van der Waals surface area contributed by atoms with Crippen molar-refractivity contribution in [3.8, 4) is 16.8 Å². The van der Waals surface area contributed by atoms with Crippen molar-refractivity contribution in [1.82, 2.24) is 20.0 Å². The molecule has 37 heavy (non-hydrogen) atoms. The average Bonchev–Trinajstić information content (AvgIpc) is 3.35. The summed E-state index contributed by atoms with van der Waals surface area (Å²) in [7, 11) is 2.05. The Morgan fingerprint density at radius 1 is 1.19 bits per heavy atom. The van der Waals surface area contributed by atoms with E-state index in [0.717, 1.165) is 36.2 Å². The molecule has 10 heteroatoms. The van der Waals surface area contributed by atoms with Crippen LogP contribution >= 0.6 is 0 Å². The molecule has 0 atom stereocenters. The van der Waals surface area contributed by atoms with Crippen molar-refractivity contribution in [1.29, 1.82) is 0 Å². The van der Waals surface area contributed by atoms with Crippen LogP contribution in [0.15, 0.2) is 61.3 Å². The Morgan fingerprint density at radius 2 is 2.03 bits per heavy atom. The Hall–Kier alpha value is -4.57. The standard InChI is InChI=1S/C27H26N6O4/c1-3-25(34)29-21-13-20(17-7-10-31(2)11-8-17)14-22(15-21)32-16-24(26(30-32)33(36)37)18-4-5-23-19(12-18)6-9-28-27(23)35/h3-5,7,12-16H,1,6,8-11H2,2H3,(H,28,35)(H,29,34). The lowest BCUT2D eigenvalue weighted by Crippen LogP contribution is -2.31. The molecule has 2 N–H and O–H groups in total. The Labute approximate surface area is 213 Å². The second-order valence-electron chi connectivity index (χ2n) is 9.15. The SMILES string of the molecule is C=CC(=O)Nc1cc(C2=CCN(C)CC2)cc(-n2cc(-c3ccc4c(c3)CCNC4=O)c([N+](=O)[O-])n2)c1. The fourth-order valence-corrected chi connectivity index (χ4v) is 4.66. The van der Waals surface area contributed by atoms with Gasteiger partial charge in [-0.2, -0.15) is 0 Å². The quantitative estimate of drug-likeness (QED) is 0.304. The smallest absolute Gasteiger partial charge is 0.358 e. The number of carbonyl (C=O) groups is 2. The maximum absolute atomic E-state index is 12.1. The molecular formula is C27H26N6O4. The van der Waals surface area contributed by atoms with Crippen LogP contribution in [0.2, 0.25) is 0 Å². The van der Waals surface area contributed by atoms with Crippen LogP contribution in [0.3, 0.4) is 0 Å². The molecule has 0 aliphatic carbocycles. The van der Waals surface area contributed by atoms with Crippen LogP contribution in [-0.2, 0) is 11.2 Å². The van der Waals surface area contributed by atoms with Crippen molar-refractivity contribution < 1.29 is 14.5 Å². The zero-order chi connectivity index (χ0) is 26.1.